The summed E-state index contributed by atoms with van der Waals surface area (Å²) in [5.41, 5.74) is 0.919. The number of furan rings is 1. The van der Waals surface area contributed by atoms with E-state index < -0.39 is 5.97 Å². The summed E-state index contributed by atoms with van der Waals surface area (Å²) in [7, 11) is 1.30. The van der Waals surface area contributed by atoms with E-state index in [0.29, 0.717) is 5.76 Å². The van der Waals surface area contributed by atoms with Gasteiger partial charge in [-0.2, -0.15) is 0 Å². The number of halogens is 1. The van der Waals surface area contributed by atoms with Crippen molar-refractivity contribution in [3.8, 4) is 0 Å². The summed E-state index contributed by atoms with van der Waals surface area (Å²) in [5, 5.41) is 3.82. The third-order valence-electron chi connectivity index (χ3n) is 2.40. The average Bonchev–Trinajstić information content (AvgIpc) is 2.93. The molecule has 2 aromatic rings. The highest BCUT2D eigenvalue weighted by Gasteiger charge is 2.10. The maximum Gasteiger partial charge on any atom is 0.373 e. The van der Waals surface area contributed by atoms with Gasteiger partial charge in [0.2, 0.25) is 5.76 Å². The average molecular weight is 338 g/mol. The number of carbonyl (C=O) groups is 1. The van der Waals surface area contributed by atoms with E-state index >= 15 is 0 Å². The molecule has 0 aliphatic rings. The molecule has 5 nitrogen and oxygen atoms in total. The van der Waals surface area contributed by atoms with E-state index in [9.17, 15) is 4.79 Å². The Labute approximate surface area is 124 Å². The van der Waals surface area contributed by atoms with E-state index in [-0.39, 0.29) is 12.4 Å². The number of nitrogens with zero attached hydrogens (tertiary/aromatic N) is 1. The number of carbonyl (C=O) groups excluding carboxylic acids is 1. The minimum Gasteiger partial charge on any atom is -0.463 e. The zero-order chi connectivity index (χ0) is 14.4. The first-order valence-electron chi connectivity index (χ1n) is 5.77. The molecule has 1 aromatic carbocycles. The summed E-state index contributed by atoms with van der Waals surface area (Å²) in [6.45, 7) is 0.143. The number of esters is 1. The Kier molecular flexibility index (Phi) is 4.95. The van der Waals surface area contributed by atoms with Crippen LogP contribution in [0.25, 0.3) is 0 Å². The van der Waals surface area contributed by atoms with E-state index in [1.807, 2.05) is 24.3 Å². The fraction of sp³-hybridized carbons (Fsp3) is 0.143. The molecule has 0 amide bonds. The predicted molar refractivity (Wildman–Crippen MR) is 76.6 cm³/mol. The number of hydrogen-bond donors (Lipinski definition) is 0. The van der Waals surface area contributed by atoms with E-state index in [2.05, 4.69) is 25.8 Å². The molecule has 0 aliphatic heterocycles. The molecule has 1 aromatic heterocycles. The highest BCUT2D eigenvalue weighted by molar-refractivity contribution is 9.10. The third-order valence-corrected chi connectivity index (χ3v) is 2.93. The van der Waals surface area contributed by atoms with Crippen molar-refractivity contribution in [3.05, 3.63) is 58.0 Å². The Bertz CT molecular complexity index is 604. The van der Waals surface area contributed by atoms with Crippen LogP contribution in [-0.4, -0.2) is 19.3 Å². The van der Waals surface area contributed by atoms with E-state index in [1.165, 1.54) is 13.2 Å². The van der Waals surface area contributed by atoms with Gasteiger partial charge in [-0.1, -0.05) is 33.2 Å². The Balaban J connectivity index is 1.85. The smallest absolute Gasteiger partial charge is 0.373 e. The topological polar surface area (TPSA) is 61.0 Å². The number of methoxy groups -OCH3 is 1. The molecular formula is C14H12BrNO4. The highest BCUT2D eigenvalue weighted by atomic mass is 79.9. The molecule has 20 heavy (non-hydrogen) atoms. The van der Waals surface area contributed by atoms with Crippen LogP contribution < -0.4 is 0 Å². The maximum atomic E-state index is 11.2. The molecular weight excluding hydrogens is 326 g/mol. The van der Waals surface area contributed by atoms with Gasteiger partial charge in [0.1, 0.15) is 5.76 Å². The van der Waals surface area contributed by atoms with Gasteiger partial charge in [-0.3, -0.25) is 0 Å². The summed E-state index contributed by atoms with van der Waals surface area (Å²) in [6, 6.07) is 10.8. The summed E-state index contributed by atoms with van der Waals surface area (Å²) in [6.07, 6.45) is 1.59. The molecule has 2 rings (SSSR count). The van der Waals surface area contributed by atoms with Crippen molar-refractivity contribution in [2.75, 3.05) is 7.11 Å². The molecule has 0 unspecified atom stereocenters. The van der Waals surface area contributed by atoms with Crippen molar-refractivity contribution in [2.45, 2.75) is 6.61 Å². The van der Waals surface area contributed by atoms with Gasteiger partial charge in [0.25, 0.3) is 0 Å². The summed E-state index contributed by atoms with van der Waals surface area (Å²) in [4.78, 5) is 16.3. The molecule has 0 bridgehead atoms. The molecule has 104 valence electrons. The molecule has 1 heterocycles. The van der Waals surface area contributed by atoms with Gasteiger partial charge >= 0.3 is 5.97 Å². The zero-order valence-electron chi connectivity index (χ0n) is 10.7. The van der Waals surface area contributed by atoms with E-state index in [1.54, 1.807) is 12.3 Å². The van der Waals surface area contributed by atoms with Crippen molar-refractivity contribution in [2.24, 2.45) is 5.16 Å². The molecule has 0 atom stereocenters. The first-order valence-corrected chi connectivity index (χ1v) is 6.56. The number of oxime groups is 1. The van der Waals surface area contributed by atoms with E-state index in [4.69, 9.17) is 9.25 Å². The number of hydrogen-bond acceptors (Lipinski definition) is 5. The normalized spacial score (nSPS) is 10.7. The Morgan fingerprint density at radius 2 is 2.05 bits per heavy atom. The first kappa shape index (κ1) is 14.3. The molecule has 0 radical (unpaired) electrons. The summed E-state index contributed by atoms with van der Waals surface area (Å²) in [5.74, 6) is 0.121. The standard InChI is InChI=1S/C14H12BrNO4/c1-18-14(17)13-7-6-12(20-13)9-19-16-8-10-2-4-11(15)5-3-10/h2-8H,9H2,1H3/b16-8-. The van der Waals surface area contributed by atoms with Crippen LogP contribution in [0.5, 0.6) is 0 Å². The number of rotatable bonds is 5. The van der Waals surface area contributed by atoms with Gasteiger partial charge in [0.05, 0.1) is 13.3 Å². The molecule has 0 fully saturated rings. The van der Waals surface area contributed by atoms with Crippen molar-refractivity contribution in [3.63, 3.8) is 0 Å². The Morgan fingerprint density at radius 1 is 1.30 bits per heavy atom. The lowest BCUT2D eigenvalue weighted by Crippen LogP contribution is -1.98. The first-order chi connectivity index (χ1) is 9.69. The second-order valence-corrected chi connectivity index (χ2v) is 4.73. The monoisotopic (exact) mass is 337 g/mol. The fourth-order valence-electron chi connectivity index (χ4n) is 1.41. The van der Waals surface area contributed by atoms with Crippen molar-refractivity contribution in [1.29, 1.82) is 0 Å². The lowest BCUT2D eigenvalue weighted by atomic mass is 10.2. The van der Waals surface area contributed by atoms with Gasteiger partial charge in [-0.05, 0) is 29.8 Å². The van der Waals surface area contributed by atoms with E-state index in [0.717, 1.165) is 10.0 Å². The largest absolute Gasteiger partial charge is 0.463 e. The van der Waals surface area contributed by atoms with Crippen LogP contribution in [0.3, 0.4) is 0 Å². The minimum absolute atomic E-state index is 0.142. The van der Waals surface area contributed by atoms with Crippen LogP contribution in [0.1, 0.15) is 21.9 Å². The van der Waals surface area contributed by atoms with Crippen molar-refractivity contribution < 1.29 is 18.8 Å². The lowest BCUT2D eigenvalue weighted by Gasteiger charge is -1.97. The highest BCUT2D eigenvalue weighted by Crippen LogP contribution is 2.11. The second-order valence-electron chi connectivity index (χ2n) is 3.82. The van der Waals surface area contributed by atoms with Crippen LogP contribution in [-0.2, 0) is 16.2 Å². The van der Waals surface area contributed by atoms with Crippen molar-refractivity contribution in [1.82, 2.24) is 0 Å². The Morgan fingerprint density at radius 3 is 2.75 bits per heavy atom. The molecule has 0 spiro atoms. The number of ether oxygens (including phenoxy) is 1. The molecule has 0 N–H and O–H groups in total. The second kappa shape index (κ2) is 6.91. The summed E-state index contributed by atoms with van der Waals surface area (Å²) >= 11 is 3.35. The van der Waals surface area contributed by atoms with Gasteiger partial charge in [0, 0.05) is 4.47 Å². The van der Waals surface area contributed by atoms with Crippen LogP contribution in [0, 0.1) is 0 Å². The maximum absolute atomic E-state index is 11.2. The van der Waals surface area contributed by atoms with Gasteiger partial charge in [0.15, 0.2) is 6.61 Å². The van der Waals surface area contributed by atoms with Crippen LogP contribution in [0.4, 0.5) is 0 Å². The molecule has 0 aliphatic carbocycles. The molecule has 6 heteroatoms. The minimum atomic E-state index is -0.519. The zero-order valence-corrected chi connectivity index (χ0v) is 12.3. The molecule has 0 saturated heterocycles. The van der Waals surface area contributed by atoms with Crippen LogP contribution in [0.2, 0.25) is 0 Å². The SMILES string of the molecule is COC(=O)c1ccc(CO/N=C\c2ccc(Br)cc2)o1. The van der Waals surface area contributed by atoms with Gasteiger partial charge < -0.3 is 14.0 Å². The van der Waals surface area contributed by atoms with Crippen LogP contribution in [0.15, 0.2) is 50.4 Å². The van der Waals surface area contributed by atoms with Crippen LogP contribution >= 0.6 is 15.9 Å². The van der Waals surface area contributed by atoms with Gasteiger partial charge in [-0.25, -0.2) is 4.79 Å². The Hall–Kier alpha value is -2.08. The lowest BCUT2D eigenvalue weighted by molar-refractivity contribution is 0.0553. The number of benzene rings is 1. The quantitative estimate of drug-likeness (QED) is 0.476. The van der Waals surface area contributed by atoms with Crippen molar-refractivity contribution >= 4 is 28.1 Å². The summed E-state index contributed by atoms with van der Waals surface area (Å²) < 4.78 is 10.8. The van der Waals surface area contributed by atoms with Gasteiger partial charge in [-0.15, -0.1) is 0 Å². The predicted octanol–water partition coefficient (Wildman–Crippen LogP) is 3.38. The fourth-order valence-corrected chi connectivity index (χ4v) is 1.68. The third kappa shape index (κ3) is 3.96. The molecule has 0 saturated carbocycles.